The molecule has 0 saturated heterocycles. The predicted octanol–water partition coefficient (Wildman–Crippen LogP) is 3.12. The Hall–Kier alpha value is -1.43. The zero-order valence-corrected chi connectivity index (χ0v) is 13.6. The number of thioether (sulfide) groups is 1. The van der Waals surface area contributed by atoms with E-state index < -0.39 is 0 Å². The first-order valence-corrected chi connectivity index (χ1v) is 7.55. The van der Waals surface area contributed by atoms with Crippen LogP contribution in [-0.2, 0) is 13.1 Å². The molecule has 0 radical (unpaired) electrons. The van der Waals surface area contributed by atoms with E-state index in [0.29, 0.717) is 24.4 Å². The Bertz CT molecular complexity index is 613. The molecule has 0 unspecified atom stereocenters. The Morgan fingerprint density at radius 2 is 2.14 bits per heavy atom. The molecule has 0 atom stereocenters. The first kappa shape index (κ1) is 17.6. The quantitative estimate of drug-likeness (QED) is 0.828. The van der Waals surface area contributed by atoms with Gasteiger partial charge in [0.05, 0.1) is 12.1 Å². The van der Waals surface area contributed by atoms with E-state index in [1.165, 1.54) is 16.7 Å². The molecule has 114 valence electrons. The Morgan fingerprint density at radius 3 is 2.76 bits per heavy atom. The largest absolute Gasteiger partial charge is 0.467 e. The van der Waals surface area contributed by atoms with Gasteiger partial charge in [-0.2, -0.15) is 0 Å². The number of nitrogens with two attached hydrogens (primary N) is 1. The van der Waals surface area contributed by atoms with Gasteiger partial charge in [-0.25, -0.2) is 0 Å². The summed E-state index contributed by atoms with van der Waals surface area (Å²) in [6.45, 7) is 2.85. The maximum absolute atomic E-state index is 12.0. The van der Waals surface area contributed by atoms with E-state index in [-0.39, 0.29) is 18.3 Å². The second-order valence-electron chi connectivity index (χ2n) is 4.50. The summed E-state index contributed by atoms with van der Waals surface area (Å²) in [4.78, 5) is 13.2. The minimum Gasteiger partial charge on any atom is -0.467 e. The van der Waals surface area contributed by atoms with Gasteiger partial charge in [0.15, 0.2) is 0 Å². The number of hydrogen-bond donors (Lipinski definition) is 2. The Morgan fingerprint density at radius 1 is 1.38 bits per heavy atom. The van der Waals surface area contributed by atoms with E-state index >= 15 is 0 Å². The maximum atomic E-state index is 12.0. The highest BCUT2D eigenvalue weighted by Gasteiger charge is 2.10. The second-order valence-corrected chi connectivity index (χ2v) is 5.35. The molecule has 0 spiro atoms. The van der Waals surface area contributed by atoms with Crippen molar-refractivity contribution < 1.29 is 9.21 Å². The van der Waals surface area contributed by atoms with Crippen LogP contribution in [0.1, 0.15) is 27.2 Å². The van der Waals surface area contributed by atoms with Crippen molar-refractivity contribution >= 4 is 30.1 Å². The fourth-order valence-electron chi connectivity index (χ4n) is 1.88. The van der Waals surface area contributed by atoms with Crippen LogP contribution in [0, 0.1) is 6.92 Å². The van der Waals surface area contributed by atoms with Crippen molar-refractivity contribution in [2.45, 2.75) is 24.9 Å². The van der Waals surface area contributed by atoms with E-state index in [2.05, 4.69) is 18.3 Å². The first-order chi connectivity index (χ1) is 9.63. The van der Waals surface area contributed by atoms with Crippen molar-refractivity contribution in [2.75, 3.05) is 6.26 Å². The SMILES string of the molecule is CSc1cc(C)ccc1CNC(=O)c1coc(CN)c1.Cl. The van der Waals surface area contributed by atoms with E-state index in [0.717, 1.165) is 5.56 Å². The molecule has 0 fully saturated rings. The standard InChI is InChI=1S/C15H18N2O2S.ClH/c1-10-3-4-11(14(5-10)20-2)8-17-15(18)12-6-13(7-16)19-9-12;/h3-6,9H,7-8,16H2,1-2H3,(H,17,18);1H. The van der Waals surface area contributed by atoms with Gasteiger partial charge in [0.1, 0.15) is 12.0 Å². The fourth-order valence-corrected chi connectivity index (χ4v) is 2.59. The van der Waals surface area contributed by atoms with Gasteiger partial charge < -0.3 is 15.5 Å². The monoisotopic (exact) mass is 326 g/mol. The van der Waals surface area contributed by atoms with E-state index in [9.17, 15) is 4.79 Å². The van der Waals surface area contributed by atoms with Gasteiger partial charge >= 0.3 is 0 Å². The molecule has 1 aromatic carbocycles. The van der Waals surface area contributed by atoms with Gasteiger partial charge in [-0.05, 0) is 36.4 Å². The number of halogens is 1. The molecule has 4 nitrogen and oxygen atoms in total. The molecule has 1 heterocycles. The summed E-state index contributed by atoms with van der Waals surface area (Å²) >= 11 is 1.68. The van der Waals surface area contributed by atoms with Crippen molar-refractivity contribution in [1.29, 1.82) is 0 Å². The maximum Gasteiger partial charge on any atom is 0.254 e. The number of carbonyl (C=O) groups excluding carboxylic acids is 1. The molecule has 1 aromatic heterocycles. The van der Waals surface area contributed by atoms with Crippen LogP contribution in [0.2, 0.25) is 0 Å². The van der Waals surface area contributed by atoms with Crippen LogP contribution in [0.25, 0.3) is 0 Å². The zero-order valence-electron chi connectivity index (χ0n) is 12.0. The summed E-state index contributed by atoms with van der Waals surface area (Å²) in [6, 6.07) is 7.88. The molecule has 1 amide bonds. The van der Waals surface area contributed by atoms with Gasteiger partial charge in [-0.3, -0.25) is 4.79 Å². The van der Waals surface area contributed by atoms with Crippen molar-refractivity contribution in [3.05, 3.63) is 53.0 Å². The number of aryl methyl sites for hydroxylation is 1. The van der Waals surface area contributed by atoms with Crippen molar-refractivity contribution in [2.24, 2.45) is 5.73 Å². The van der Waals surface area contributed by atoms with E-state index in [1.807, 2.05) is 18.4 Å². The number of rotatable bonds is 5. The third-order valence-corrected chi connectivity index (χ3v) is 3.82. The number of carbonyl (C=O) groups is 1. The van der Waals surface area contributed by atoms with E-state index in [1.54, 1.807) is 17.8 Å². The lowest BCUT2D eigenvalue weighted by Gasteiger charge is -2.09. The topological polar surface area (TPSA) is 68.3 Å². The number of hydrogen-bond acceptors (Lipinski definition) is 4. The highest BCUT2D eigenvalue weighted by Crippen LogP contribution is 2.21. The Balaban J connectivity index is 0.00000220. The van der Waals surface area contributed by atoms with Crippen LogP contribution in [0.15, 0.2) is 39.8 Å². The van der Waals surface area contributed by atoms with Crippen LogP contribution < -0.4 is 11.1 Å². The van der Waals surface area contributed by atoms with Gasteiger partial charge in [-0.1, -0.05) is 12.1 Å². The number of furan rings is 1. The molecule has 0 saturated carbocycles. The molecule has 3 N–H and O–H groups in total. The lowest BCUT2D eigenvalue weighted by atomic mass is 10.1. The van der Waals surface area contributed by atoms with Gasteiger partial charge in [0, 0.05) is 11.4 Å². The molecular formula is C15H19ClN2O2S. The molecule has 0 aliphatic carbocycles. The molecule has 21 heavy (non-hydrogen) atoms. The van der Waals surface area contributed by atoms with Gasteiger partial charge in [-0.15, -0.1) is 24.2 Å². The van der Waals surface area contributed by atoms with Crippen molar-refractivity contribution in [3.63, 3.8) is 0 Å². The lowest BCUT2D eigenvalue weighted by Crippen LogP contribution is -2.22. The molecule has 0 aliphatic heterocycles. The molecular weight excluding hydrogens is 308 g/mol. The van der Waals surface area contributed by atoms with Crippen LogP contribution in [-0.4, -0.2) is 12.2 Å². The summed E-state index contributed by atoms with van der Waals surface area (Å²) < 4.78 is 5.16. The summed E-state index contributed by atoms with van der Waals surface area (Å²) in [5.41, 5.74) is 8.28. The average molecular weight is 327 g/mol. The summed E-state index contributed by atoms with van der Waals surface area (Å²) in [6.07, 6.45) is 3.46. The smallest absolute Gasteiger partial charge is 0.254 e. The third kappa shape index (κ3) is 4.52. The predicted molar refractivity (Wildman–Crippen MR) is 88.0 cm³/mol. The number of nitrogens with one attached hydrogen (secondary N) is 1. The van der Waals surface area contributed by atoms with Crippen molar-refractivity contribution in [1.82, 2.24) is 5.32 Å². The highest BCUT2D eigenvalue weighted by atomic mass is 35.5. The summed E-state index contributed by atoms with van der Waals surface area (Å²) in [5, 5.41) is 2.89. The Kier molecular flexibility index (Phi) is 6.81. The van der Waals surface area contributed by atoms with E-state index in [4.69, 9.17) is 10.2 Å². The molecule has 0 aliphatic rings. The van der Waals surface area contributed by atoms with Crippen molar-refractivity contribution in [3.8, 4) is 0 Å². The van der Waals surface area contributed by atoms with Crippen LogP contribution in [0.3, 0.4) is 0 Å². The second kappa shape index (κ2) is 8.12. The average Bonchev–Trinajstić information content (AvgIpc) is 2.94. The lowest BCUT2D eigenvalue weighted by molar-refractivity contribution is 0.0950. The fraction of sp³-hybridized carbons (Fsp3) is 0.267. The Labute approximate surface area is 134 Å². The van der Waals surface area contributed by atoms with Crippen LogP contribution in [0.4, 0.5) is 0 Å². The number of amides is 1. The molecule has 2 aromatic rings. The minimum absolute atomic E-state index is 0. The summed E-state index contributed by atoms with van der Waals surface area (Å²) in [7, 11) is 0. The first-order valence-electron chi connectivity index (χ1n) is 6.33. The molecule has 6 heteroatoms. The molecule has 2 rings (SSSR count). The van der Waals surface area contributed by atoms with Crippen LogP contribution in [0.5, 0.6) is 0 Å². The van der Waals surface area contributed by atoms with Gasteiger partial charge in [0.2, 0.25) is 0 Å². The molecule has 0 bridgehead atoms. The van der Waals surface area contributed by atoms with Crippen LogP contribution >= 0.6 is 24.2 Å². The normalized spacial score (nSPS) is 10.0. The van der Waals surface area contributed by atoms with Gasteiger partial charge in [0.25, 0.3) is 5.91 Å². The number of benzene rings is 1. The summed E-state index contributed by atoms with van der Waals surface area (Å²) in [5.74, 6) is 0.455. The third-order valence-electron chi connectivity index (χ3n) is 3.00. The highest BCUT2D eigenvalue weighted by molar-refractivity contribution is 7.98. The zero-order chi connectivity index (χ0) is 14.5. The minimum atomic E-state index is -0.152.